The molecule has 0 saturated carbocycles. The first kappa shape index (κ1) is 11.1. The van der Waals surface area contributed by atoms with Crippen LogP contribution in [0.2, 0.25) is 0 Å². The average molecular weight is 253 g/mol. The topological polar surface area (TPSA) is 12.0 Å². The zero-order valence-corrected chi connectivity index (χ0v) is 11.4. The minimum Gasteiger partial charge on any atom is -0.306 e. The summed E-state index contributed by atoms with van der Waals surface area (Å²) in [5.41, 5.74) is 1.60. The molecule has 0 aromatic carbocycles. The van der Waals surface area contributed by atoms with Gasteiger partial charge in [-0.25, -0.2) is 0 Å². The molecule has 1 aliphatic heterocycles. The fourth-order valence-corrected chi connectivity index (χ4v) is 5.03. The summed E-state index contributed by atoms with van der Waals surface area (Å²) in [6.07, 6.45) is 5.35. The van der Waals surface area contributed by atoms with E-state index in [1.165, 1.54) is 31.4 Å². The monoisotopic (exact) mass is 253 g/mol. The Morgan fingerprint density at radius 3 is 3.19 bits per heavy atom. The fourth-order valence-electron chi connectivity index (χ4n) is 2.88. The number of aryl methyl sites for hydroxylation is 1. The number of fused-ring (bicyclic) bond motifs is 1. The van der Waals surface area contributed by atoms with Crippen molar-refractivity contribution in [1.82, 2.24) is 5.32 Å². The summed E-state index contributed by atoms with van der Waals surface area (Å²) in [6.45, 7) is 2.35. The maximum absolute atomic E-state index is 3.88. The van der Waals surface area contributed by atoms with Crippen LogP contribution in [0.25, 0.3) is 0 Å². The zero-order valence-electron chi connectivity index (χ0n) is 9.74. The molecule has 1 N–H and O–H groups in total. The van der Waals surface area contributed by atoms with E-state index in [1.807, 2.05) is 11.3 Å². The Hall–Kier alpha value is 0.01000. The van der Waals surface area contributed by atoms with Crippen LogP contribution in [0.15, 0.2) is 11.4 Å². The maximum Gasteiger partial charge on any atom is 0.0334 e. The van der Waals surface area contributed by atoms with E-state index in [1.54, 1.807) is 10.4 Å². The van der Waals surface area contributed by atoms with E-state index in [2.05, 4.69) is 35.4 Å². The van der Waals surface area contributed by atoms with E-state index >= 15 is 0 Å². The summed E-state index contributed by atoms with van der Waals surface area (Å²) in [5.74, 6) is 1.30. The molecule has 0 amide bonds. The lowest BCUT2D eigenvalue weighted by Gasteiger charge is -2.26. The largest absolute Gasteiger partial charge is 0.306 e. The number of rotatable bonds is 2. The number of nitrogens with one attached hydrogen (secondary N) is 1. The van der Waals surface area contributed by atoms with Crippen molar-refractivity contribution in [2.75, 3.05) is 5.75 Å². The molecule has 1 nitrogen and oxygen atoms in total. The first-order valence-corrected chi connectivity index (χ1v) is 8.19. The van der Waals surface area contributed by atoms with Crippen LogP contribution in [-0.4, -0.2) is 17.0 Å². The number of thiophene rings is 1. The normalized spacial score (nSPS) is 33.9. The van der Waals surface area contributed by atoms with E-state index in [4.69, 9.17) is 0 Å². The lowest BCUT2D eigenvalue weighted by atomic mass is 9.93. The highest BCUT2D eigenvalue weighted by atomic mass is 32.2. The van der Waals surface area contributed by atoms with Gasteiger partial charge in [-0.15, -0.1) is 11.3 Å². The summed E-state index contributed by atoms with van der Waals surface area (Å²) in [4.78, 5) is 1.63. The van der Waals surface area contributed by atoms with Crippen LogP contribution >= 0.6 is 23.1 Å². The van der Waals surface area contributed by atoms with Gasteiger partial charge in [0.2, 0.25) is 0 Å². The van der Waals surface area contributed by atoms with Gasteiger partial charge in [-0.05, 0) is 42.7 Å². The van der Waals surface area contributed by atoms with Gasteiger partial charge in [0.1, 0.15) is 0 Å². The van der Waals surface area contributed by atoms with Crippen molar-refractivity contribution >= 4 is 23.1 Å². The van der Waals surface area contributed by atoms with Crippen LogP contribution in [0.1, 0.15) is 42.7 Å². The fraction of sp³-hybridized carbons (Fsp3) is 0.692. The van der Waals surface area contributed by atoms with Crippen molar-refractivity contribution in [1.29, 1.82) is 0 Å². The number of thioether (sulfide) groups is 1. The van der Waals surface area contributed by atoms with Crippen LogP contribution < -0.4 is 5.32 Å². The molecule has 16 heavy (non-hydrogen) atoms. The molecular weight excluding hydrogens is 234 g/mol. The molecular formula is C13H19NS2. The van der Waals surface area contributed by atoms with Gasteiger partial charge in [0.05, 0.1) is 0 Å². The zero-order chi connectivity index (χ0) is 11.0. The van der Waals surface area contributed by atoms with Gasteiger partial charge in [-0.1, -0.05) is 6.92 Å². The maximum atomic E-state index is 3.88. The first-order chi connectivity index (χ1) is 7.83. The third kappa shape index (κ3) is 2.18. The highest BCUT2D eigenvalue weighted by Crippen LogP contribution is 2.35. The van der Waals surface area contributed by atoms with Gasteiger partial charge >= 0.3 is 0 Å². The highest BCUT2D eigenvalue weighted by molar-refractivity contribution is 8.00. The van der Waals surface area contributed by atoms with Crippen LogP contribution in [0.4, 0.5) is 0 Å². The van der Waals surface area contributed by atoms with Crippen LogP contribution in [-0.2, 0) is 6.42 Å². The molecule has 2 heterocycles. The molecule has 1 aromatic heterocycles. The predicted molar refractivity (Wildman–Crippen MR) is 73.5 cm³/mol. The smallest absolute Gasteiger partial charge is 0.0334 e. The van der Waals surface area contributed by atoms with E-state index in [-0.39, 0.29) is 0 Å². The molecule has 1 fully saturated rings. The summed E-state index contributed by atoms with van der Waals surface area (Å²) in [6, 6.07) is 3.73. The van der Waals surface area contributed by atoms with Crippen molar-refractivity contribution in [2.45, 2.75) is 49.9 Å². The summed E-state index contributed by atoms with van der Waals surface area (Å²) in [5, 5.41) is 6.99. The van der Waals surface area contributed by atoms with Gasteiger partial charge in [-0.2, -0.15) is 11.8 Å². The SMILES string of the molecule is CC1CC(NC2CCCc3sccc32)CS1. The molecule has 1 aromatic rings. The molecule has 0 spiro atoms. The van der Waals surface area contributed by atoms with Crippen LogP contribution in [0, 0.1) is 0 Å². The average Bonchev–Trinajstić information content (AvgIpc) is 2.87. The Morgan fingerprint density at radius 2 is 2.38 bits per heavy atom. The van der Waals surface area contributed by atoms with Crippen molar-refractivity contribution in [3.63, 3.8) is 0 Å². The minimum absolute atomic E-state index is 0.644. The Labute approximate surface area is 106 Å². The van der Waals surface area contributed by atoms with Gasteiger partial charge in [0.15, 0.2) is 0 Å². The summed E-state index contributed by atoms with van der Waals surface area (Å²) >= 11 is 4.06. The molecule has 1 aliphatic carbocycles. The summed E-state index contributed by atoms with van der Waals surface area (Å²) in [7, 11) is 0. The molecule has 1 saturated heterocycles. The number of hydrogen-bond acceptors (Lipinski definition) is 3. The molecule has 3 rings (SSSR count). The molecule has 3 atom stereocenters. The lowest BCUT2D eigenvalue weighted by molar-refractivity contribution is 0.409. The van der Waals surface area contributed by atoms with E-state index in [0.717, 1.165) is 11.3 Å². The van der Waals surface area contributed by atoms with Crippen molar-refractivity contribution in [2.24, 2.45) is 0 Å². The Bertz CT molecular complexity index is 361. The molecule has 3 unspecified atom stereocenters. The van der Waals surface area contributed by atoms with Gasteiger partial charge < -0.3 is 5.32 Å². The molecule has 88 valence electrons. The Balaban J connectivity index is 1.68. The second-order valence-corrected chi connectivity index (χ2v) is 7.46. The molecule has 2 aliphatic rings. The Morgan fingerprint density at radius 1 is 1.44 bits per heavy atom. The van der Waals surface area contributed by atoms with Gasteiger partial charge in [0, 0.05) is 28.0 Å². The highest BCUT2D eigenvalue weighted by Gasteiger charge is 2.27. The number of hydrogen-bond donors (Lipinski definition) is 1. The third-order valence-electron chi connectivity index (χ3n) is 3.69. The standard InChI is InChI=1S/C13H19NS2/c1-9-7-10(8-16-9)14-12-3-2-4-13-11(12)5-6-15-13/h5-6,9-10,12,14H,2-4,7-8H2,1H3. The quantitative estimate of drug-likeness (QED) is 0.864. The van der Waals surface area contributed by atoms with Crippen LogP contribution in [0.3, 0.4) is 0 Å². The molecule has 0 bridgehead atoms. The Kier molecular flexibility index (Phi) is 3.27. The predicted octanol–water partition coefficient (Wildman–Crippen LogP) is 3.61. The van der Waals surface area contributed by atoms with Gasteiger partial charge in [0.25, 0.3) is 0 Å². The minimum atomic E-state index is 0.644. The third-order valence-corrected chi connectivity index (χ3v) is 6.04. The van der Waals surface area contributed by atoms with Crippen LogP contribution in [0.5, 0.6) is 0 Å². The van der Waals surface area contributed by atoms with Crippen molar-refractivity contribution in [3.8, 4) is 0 Å². The summed E-state index contributed by atoms with van der Waals surface area (Å²) < 4.78 is 0. The second kappa shape index (κ2) is 4.71. The van der Waals surface area contributed by atoms with Crippen molar-refractivity contribution < 1.29 is 0 Å². The first-order valence-electron chi connectivity index (χ1n) is 6.27. The van der Waals surface area contributed by atoms with E-state index in [0.29, 0.717) is 6.04 Å². The molecule has 0 radical (unpaired) electrons. The van der Waals surface area contributed by atoms with Gasteiger partial charge in [-0.3, -0.25) is 0 Å². The molecule has 3 heteroatoms. The van der Waals surface area contributed by atoms with E-state index < -0.39 is 0 Å². The lowest BCUT2D eigenvalue weighted by Crippen LogP contribution is -2.34. The van der Waals surface area contributed by atoms with Crippen molar-refractivity contribution in [3.05, 3.63) is 21.9 Å². The second-order valence-electron chi connectivity index (χ2n) is 4.99. The van der Waals surface area contributed by atoms with E-state index in [9.17, 15) is 0 Å².